The summed E-state index contributed by atoms with van der Waals surface area (Å²) in [5.74, 6) is -3.43. The lowest BCUT2D eigenvalue weighted by molar-refractivity contribution is -0.139. The second kappa shape index (κ2) is 18.3. The van der Waals surface area contributed by atoms with Crippen LogP contribution in [0, 0.1) is 11.8 Å². The summed E-state index contributed by atoms with van der Waals surface area (Å²) in [7, 11) is 0. The Labute approximate surface area is 237 Å². The zero-order valence-electron chi connectivity index (χ0n) is 24.8. The summed E-state index contributed by atoms with van der Waals surface area (Å²) in [6, 6.07) is 3.15. The molecule has 0 spiro atoms. The van der Waals surface area contributed by atoms with Crippen LogP contribution in [0.15, 0.2) is 18.2 Å². The van der Waals surface area contributed by atoms with Crippen molar-refractivity contribution in [2.24, 2.45) is 17.6 Å². The van der Waals surface area contributed by atoms with Gasteiger partial charge in [0.05, 0.1) is 6.61 Å². The number of carbonyl (C=O) groups excluding carboxylic acids is 3. The Kier molecular flexibility index (Phi) is 15.9. The number of carbonyl (C=O) groups is 4. The molecule has 4 atom stereocenters. The van der Waals surface area contributed by atoms with E-state index in [0.29, 0.717) is 18.4 Å². The summed E-state index contributed by atoms with van der Waals surface area (Å²) in [6.45, 7) is 11.2. The number of ether oxygens (including phenoxy) is 4. The number of rotatable bonds is 18. The molecule has 226 valence electrons. The molecule has 0 radical (unpaired) electrons. The predicted molar refractivity (Wildman–Crippen MR) is 150 cm³/mol. The van der Waals surface area contributed by atoms with Gasteiger partial charge < -0.3 is 29.8 Å². The first-order valence-electron chi connectivity index (χ1n) is 14.3. The minimum absolute atomic E-state index is 0.00344. The standard InChI is InChI=1S/C30H47NO9/c1-7-9-11-13-25(32)39-23-16-15-22(17-24(23)40-26(33)14-12-10-8-2)27(28(31)29(34)35)20(5)18-37-30(36)38-21(6)19(3)4/h15-17,19-21,27-28H,7-14,18,31H2,1-6H3,(H,34,35)/t20?,21?,27?,28-/m0/s1. The first-order chi connectivity index (χ1) is 18.9. The van der Waals surface area contributed by atoms with E-state index in [1.165, 1.54) is 12.1 Å². The minimum atomic E-state index is -1.36. The molecule has 1 rings (SSSR count). The molecule has 40 heavy (non-hydrogen) atoms. The number of aliphatic carboxylic acids is 1. The zero-order valence-corrected chi connectivity index (χ0v) is 24.8. The average Bonchev–Trinajstić information content (AvgIpc) is 2.89. The molecule has 0 aliphatic heterocycles. The number of carboxylic acids is 1. The van der Waals surface area contributed by atoms with Gasteiger partial charge in [0, 0.05) is 18.8 Å². The topological polar surface area (TPSA) is 151 Å². The zero-order chi connectivity index (χ0) is 30.2. The van der Waals surface area contributed by atoms with E-state index in [0.717, 1.165) is 25.7 Å². The van der Waals surface area contributed by atoms with Crippen molar-refractivity contribution in [3.63, 3.8) is 0 Å². The molecule has 10 heteroatoms. The van der Waals surface area contributed by atoms with Crippen molar-refractivity contribution >= 4 is 24.1 Å². The third-order valence-corrected chi connectivity index (χ3v) is 6.74. The van der Waals surface area contributed by atoms with Crippen LogP contribution in [0.4, 0.5) is 4.79 Å². The van der Waals surface area contributed by atoms with Gasteiger partial charge in [-0.1, -0.05) is 66.4 Å². The summed E-state index contributed by atoms with van der Waals surface area (Å²) in [6.07, 6.45) is 4.12. The predicted octanol–water partition coefficient (Wildman–Crippen LogP) is 5.99. The molecule has 3 N–H and O–H groups in total. The van der Waals surface area contributed by atoms with Crippen molar-refractivity contribution in [1.82, 2.24) is 0 Å². The smallest absolute Gasteiger partial charge is 0.480 e. The molecule has 1 aromatic rings. The van der Waals surface area contributed by atoms with Crippen LogP contribution >= 0.6 is 0 Å². The van der Waals surface area contributed by atoms with Crippen LogP contribution in [0.2, 0.25) is 0 Å². The van der Waals surface area contributed by atoms with E-state index in [4.69, 9.17) is 24.7 Å². The van der Waals surface area contributed by atoms with Crippen LogP contribution in [0.1, 0.15) is 104 Å². The monoisotopic (exact) mass is 565 g/mol. The number of unbranched alkanes of at least 4 members (excludes halogenated alkanes) is 4. The van der Waals surface area contributed by atoms with E-state index in [1.807, 2.05) is 27.7 Å². The second-order valence-electron chi connectivity index (χ2n) is 10.6. The SMILES string of the molecule is CCCCCC(=O)Oc1ccc(C(C(C)COC(=O)OC(C)C(C)C)[C@H](N)C(=O)O)cc1OC(=O)CCCCC. The first kappa shape index (κ1) is 34.9. The Morgan fingerprint density at radius 1 is 0.850 bits per heavy atom. The molecular formula is C30H47NO9. The van der Waals surface area contributed by atoms with Crippen molar-refractivity contribution < 1.29 is 43.2 Å². The summed E-state index contributed by atoms with van der Waals surface area (Å²) < 4.78 is 21.6. The highest BCUT2D eigenvalue weighted by Gasteiger charge is 2.33. The highest BCUT2D eigenvalue weighted by Crippen LogP contribution is 2.36. The van der Waals surface area contributed by atoms with Crippen molar-refractivity contribution in [3.05, 3.63) is 23.8 Å². The number of esters is 2. The van der Waals surface area contributed by atoms with Gasteiger partial charge in [-0.05, 0) is 49.3 Å². The maximum Gasteiger partial charge on any atom is 0.508 e. The quantitative estimate of drug-likeness (QED) is 0.123. The van der Waals surface area contributed by atoms with Crippen LogP contribution < -0.4 is 15.2 Å². The fourth-order valence-corrected chi connectivity index (χ4v) is 3.95. The molecule has 0 saturated carbocycles. The maximum absolute atomic E-state index is 12.6. The number of carboxylic acid groups (broad SMARTS) is 1. The van der Waals surface area contributed by atoms with E-state index in [2.05, 4.69) is 0 Å². The normalized spacial score (nSPS) is 14.1. The molecule has 0 saturated heterocycles. The van der Waals surface area contributed by atoms with Gasteiger partial charge in [0.25, 0.3) is 0 Å². The number of benzene rings is 1. The largest absolute Gasteiger partial charge is 0.508 e. The van der Waals surface area contributed by atoms with E-state index in [9.17, 15) is 24.3 Å². The van der Waals surface area contributed by atoms with Crippen LogP contribution in [-0.2, 0) is 23.9 Å². The Morgan fingerprint density at radius 3 is 1.90 bits per heavy atom. The molecular weight excluding hydrogens is 518 g/mol. The van der Waals surface area contributed by atoms with Gasteiger partial charge in [-0.15, -0.1) is 0 Å². The van der Waals surface area contributed by atoms with Gasteiger partial charge in [0.1, 0.15) is 12.1 Å². The molecule has 0 aliphatic carbocycles. The third-order valence-electron chi connectivity index (χ3n) is 6.74. The number of hydrogen-bond acceptors (Lipinski definition) is 9. The third kappa shape index (κ3) is 12.4. The first-order valence-corrected chi connectivity index (χ1v) is 14.3. The summed E-state index contributed by atoms with van der Waals surface area (Å²) in [5, 5.41) is 9.72. The highest BCUT2D eigenvalue weighted by molar-refractivity contribution is 5.77. The highest BCUT2D eigenvalue weighted by atomic mass is 16.7. The fraction of sp³-hybridized carbons (Fsp3) is 0.667. The van der Waals surface area contributed by atoms with Gasteiger partial charge >= 0.3 is 24.1 Å². The molecule has 0 amide bonds. The fourth-order valence-electron chi connectivity index (χ4n) is 3.95. The molecule has 0 aliphatic rings. The lowest BCUT2D eigenvalue weighted by Gasteiger charge is -2.28. The molecule has 0 fully saturated rings. The van der Waals surface area contributed by atoms with Crippen molar-refractivity contribution in [2.45, 2.75) is 111 Å². The van der Waals surface area contributed by atoms with Crippen molar-refractivity contribution in [2.75, 3.05) is 6.61 Å². The lowest BCUT2D eigenvalue weighted by atomic mass is 9.82. The second-order valence-corrected chi connectivity index (χ2v) is 10.6. The van der Waals surface area contributed by atoms with E-state index in [1.54, 1.807) is 19.9 Å². The molecule has 3 unspecified atom stereocenters. The minimum Gasteiger partial charge on any atom is -0.480 e. The maximum atomic E-state index is 12.6. The number of hydrogen-bond donors (Lipinski definition) is 2. The molecule has 0 heterocycles. The van der Waals surface area contributed by atoms with Crippen LogP contribution in [0.3, 0.4) is 0 Å². The Balaban J connectivity index is 3.25. The molecule has 10 nitrogen and oxygen atoms in total. The van der Waals surface area contributed by atoms with E-state index in [-0.39, 0.29) is 43.0 Å². The number of nitrogens with two attached hydrogens (primary N) is 1. The van der Waals surface area contributed by atoms with Gasteiger partial charge in [0.2, 0.25) is 0 Å². The Bertz CT molecular complexity index is 962. The van der Waals surface area contributed by atoms with Crippen molar-refractivity contribution in [3.8, 4) is 11.5 Å². The van der Waals surface area contributed by atoms with Crippen molar-refractivity contribution in [1.29, 1.82) is 0 Å². The van der Waals surface area contributed by atoms with E-state index < -0.39 is 41.9 Å². The summed E-state index contributed by atoms with van der Waals surface area (Å²) in [5.41, 5.74) is 6.50. The van der Waals surface area contributed by atoms with Gasteiger partial charge in [0.15, 0.2) is 11.5 Å². The van der Waals surface area contributed by atoms with Gasteiger partial charge in [-0.25, -0.2) is 4.79 Å². The molecule has 1 aromatic carbocycles. The van der Waals surface area contributed by atoms with Gasteiger partial charge in [-0.2, -0.15) is 0 Å². The summed E-state index contributed by atoms with van der Waals surface area (Å²) in [4.78, 5) is 49.0. The molecule has 0 aromatic heterocycles. The van der Waals surface area contributed by atoms with Crippen LogP contribution in [-0.4, -0.2) is 47.9 Å². The van der Waals surface area contributed by atoms with Crippen LogP contribution in [0.5, 0.6) is 11.5 Å². The average molecular weight is 566 g/mol. The Hall–Kier alpha value is -3.14. The molecule has 0 bridgehead atoms. The lowest BCUT2D eigenvalue weighted by Crippen LogP contribution is -2.40. The Morgan fingerprint density at radius 2 is 1.40 bits per heavy atom. The van der Waals surface area contributed by atoms with E-state index >= 15 is 0 Å². The summed E-state index contributed by atoms with van der Waals surface area (Å²) >= 11 is 0. The van der Waals surface area contributed by atoms with Crippen LogP contribution in [0.25, 0.3) is 0 Å². The van der Waals surface area contributed by atoms with Gasteiger partial charge in [-0.3, -0.25) is 14.4 Å².